The summed E-state index contributed by atoms with van der Waals surface area (Å²) in [6.45, 7) is 3.79. The number of hydrazone groups is 1. The number of sulfonamides is 1. The van der Waals surface area contributed by atoms with Gasteiger partial charge in [0.1, 0.15) is 0 Å². The Bertz CT molecular complexity index is 1140. The SMILES string of the molecule is Cc1ccc(NS(=O)(=O)c2cccc(C(=O)N/N=C3/C[C@@H]4C=CC[C@H]34)c2)c(C)c1. The summed E-state index contributed by atoms with van der Waals surface area (Å²) < 4.78 is 28.2. The van der Waals surface area contributed by atoms with Crippen LogP contribution in [0.3, 0.4) is 0 Å². The average molecular weight is 410 g/mol. The van der Waals surface area contributed by atoms with Crippen molar-refractivity contribution in [1.82, 2.24) is 5.43 Å². The number of benzene rings is 2. The summed E-state index contributed by atoms with van der Waals surface area (Å²) in [5.74, 6) is 0.537. The molecule has 150 valence electrons. The van der Waals surface area contributed by atoms with Gasteiger partial charge in [0.2, 0.25) is 0 Å². The number of nitrogens with zero attached hydrogens (tertiary/aromatic N) is 1. The second-order valence-electron chi connectivity index (χ2n) is 7.63. The Labute approximate surface area is 170 Å². The highest BCUT2D eigenvalue weighted by atomic mass is 32.2. The van der Waals surface area contributed by atoms with Crippen molar-refractivity contribution in [2.24, 2.45) is 16.9 Å². The fourth-order valence-electron chi connectivity index (χ4n) is 3.79. The summed E-state index contributed by atoms with van der Waals surface area (Å²) in [5.41, 5.74) is 6.21. The lowest BCUT2D eigenvalue weighted by atomic mass is 9.74. The molecular weight excluding hydrogens is 386 g/mol. The Morgan fingerprint density at radius 3 is 2.72 bits per heavy atom. The van der Waals surface area contributed by atoms with Crippen LogP contribution in [0.15, 0.2) is 64.6 Å². The van der Waals surface area contributed by atoms with Crippen molar-refractivity contribution in [2.45, 2.75) is 31.6 Å². The molecule has 2 atom stereocenters. The molecule has 0 unspecified atom stereocenters. The van der Waals surface area contributed by atoms with Crippen LogP contribution in [0.1, 0.15) is 34.3 Å². The van der Waals surface area contributed by atoms with Gasteiger partial charge in [-0.25, -0.2) is 13.8 Å². The molecule has 4 rings (SSSR count). The summed E-state index contributed by atoms with van der Waals surface area (Å²) in [7, 11) is -3.82. The van der Waals surface area contributed by atoms with Crippen LogP contribution in [0, 0.1) is 25.7 Å². The number of allylic oxidation sites excluding steroid dienone is 2. The van der Waals surface area contributed by atoms with Crippen molar-refractivity contribution in [1.29, 1.82) is 0 Å². The molecule has 2 aliphatic carbocycles. The van der Waals surface area contributed by atoms with E-state index in [0.29, 0.717) is 17.5 Å². The summed E-state index contributed by atoms with van der Waals surface area (Å²) in [4.78, 5) is 12.5. The van der Waals surface area contributed by atoms with E-state index in [1.807, 2.05) is 26.0 Å². The van der Waals surface area contributed by atoms with Crippen molar-refractivity contribution in [3.63, 3.8) is 0 Å². The number of nitrogens with one attached hydrogen (secondary N) is 2. The molecule has 0 aromatic heterocycles. The quantitative estimate of drug-likeness (QED) is 0.582. The second kappa shape index (κ2) is 7.48. The van der Waals surface area contributed by atoms with Gasteiger partial charge in [-0.3, -0.25) is 9.52 Å². The van der Waals surface area contributed by atoms with Crippen molar-refractivity contribution in [2.75, 3.05) is 4.72 Å². The molecule has 0 radical (unpaired) electrons. The molecule has 0 spiro atoms. The number of hydrogen-bond donors (Lipinski definition) is 2. The fraction of sp³-hybridized carbons (Fsp3) is 0.273. The maximum absolute atomic E-state index is 12.8. The Morgan fingerprint density at radius 2 is 1.97 bits per heavy atom. The largest absolute Gasteiger partial charge is 0.279 e. The number of hydrogen-bond acceptors (Lipinski definition) is 4. The van der Waals surface area contributed by atoms with Crippen LogP contribution in [-0.2, 0) is 10.0 Å². The molecule has 2 aromatic rings. The molecule has 7 heteroatoms. The van der Waals surface area contributed by atoms with E-state index in [1.54, 1.807) is 18.2 Å². The van der Waals surface area contributed by atoms with Crippen LogP contribution in [0.25, 0.3) is 0 Å². The first-order chi connectivity index (χ1) is 13.8. The van der Waals surface area contributed by atoms with Gasteiger partial charge < -0.3 is 0 Å². The summed E-state index contributed by atoms with van der Waals surface area (Å²) >= 11 is 0. The molecule has 1 saturated carbocycles. The van der Waals surface area contributed by atoms with Gasteiger partial charge >= 0.3 is 0 Å². The van der Waals surface area contributed by atoms with E-state index in [2.05, 4.69) is 27.4 Å². The Balaban J connectivity index is 1.48. The average Bonchev–Trinajstić information content (AvgIpc) is 3.05. The minimum absolute atomic E-state index is 0.0291. The van der Waals surface area contributed by atoms with Gasteiger partial charge in [-0.1, -0.05) is 35.9 Å². The van der Waals surface area contributed by atoms with Crippen molar-refractivity contribution in [3.05, 3.63) is 71.3 Å². The normalized spacial score (nSPS) is 21.5. The Hall–Kier alpha value is -2.93. The third-order valence-electron chi connectivity index (χ3n) is 5.50. The van der Waals surface area contributed by atoms with Gasteiger partial charge in [-0.05, 0) is 62.4 Å². The Morgan fingerprint density at radius 1 is 1.14 bits per heavy atom. The zero-order valence-corrected chi connectivity index (χ0v) is 17.2. The van der Waals surface area contributed by atoms with Crippen LogP contribution in [0.2, 0.25) is 0 Å². The third kappa shape index (κ3) is 3.96. The van der Waals surface area contributed by atoms with Gasteiger partial charge in [-0.2, -0.15) is 5.10 Å². The van der Waals surface area contributed by atoms with Crippen molar-refractivity contribution < 1.29 is 13.2 Å². The molecule has 2 N–H and O–H groups in total. The molecule has 1 amide bonds. The van der Waals surface area contributed by atoms with Gasteiger partial charge in [0.25, 0.3) is 15.9 Å². The zero-order valence-electron chi connectivity index (χ0n) is 16.3. The predicted octanol–water partition coefficient (Wildman–Crippen LogP) is 3.79. The van der Waals surface area contributed by atoms with Gasteiger partial charge in [0, 0.05) is 17.2 Å². The van der Waals surface area contributed by atoms with E-state index < -0.39 is 15.9 Å². The molecule has 0 aliphatic heterocycles. The third-order valence-corrected chi connectivity index (χ3v) is 6.86. The molecule has 2 aromatic carbocycles. The molecule has 2 aliphatic rings. The maximum Gasteiger partial charge on any atom is 0.271 e. The van der Waals surface area contributed by atoms with Gasteiger partial charge in [0.15, 0.2) is 0 Å². The lowest BCUT2D eigenvalue weighted by Gasteiger charge is -2.31. The minimum Gasteiger partial charge on any atom is -0.279 e. The lowest BCUT2D eigenvalue weighted by molar-refractivity contribution is 0.0953. The molecule has 6 nitrogen and oxygen atoms in total. The number of amides is 1. The molecule has 0 heterocycles. The van der Waals surface area contributed by atoms with E-state index in [9.17, 15) is 13.2 Å². The molecule has 0 saturated heterocycles. The highest BCUT2D eigenvalue weighted by Gasteiger charge is 2.38. The fourth-order valence-corrected chi connectivity index (χ4v) is 4.96. The highest BCUT2D eigenvalue weighted by Crippen LogP contribution is 2.40. The first-order valence-electron chi connectivity index (χ1n) is 9.57. The van der Waals surface area contributed by atoms with Crippen molar-refractivity contribution >= 4 is 27.3 Å². The smallest absolute Gasteiger partial charge is 0.271 e. The maximum atomic E-state index is 12.8. The monoisotopic (exact) mass is 409 g/mol. The Kier molecular flexibility index (Phi) is 5.00. The van der Waals surface area contributed by atoms with Crippen LogP contribution < -0.4 is 10.1 Å². The van der Waals surface area contributed by atoms with Crippen LogP contribution in [0.5, 0.6) is 0 Å². The van der Waals surface area contributed by atoms with E-state index in [-0.39, 0.29) is 10.5 Å². The molecule has 0 bridgehead atoms. The first kappa shape index (κ1) is 19.4. The lowest BCUT2D eigenvalue weighted by Crippen LogP contribution is -2.35. The van der Waals surface area contributed by atoms with E-state index in [0.717, 1.165) is 29.7 Å². The van der Waals surface area contributed by atoms with Crippen molar-refractivity contribution in [3.8, 4) is 0 Å². The van der Waals surface area contributed by atoms with Gasteiger partial charge in [0.05, 0.1) is 10.6 Å². The number of aryl methyl sites for hydroxylation is 2. The van der Waals surface area contributed by atoms with Crippen LogP contribution in [-0.4, -0.2) is 20.0 Å². The number of anilines is 1. The summed E-state index contributed by atoms with van der Waals surface area (Å²) in [6, 6.07) is 11.5. The van der Waals surface area contributed by atoms with E-state index >= 15 is 0 Å². The van der Waals surface area contributed by atoms with Crippen LogP contribution in [0.4, 0.5) is 5.69 Å². The summed E-state index contributed by atoms with van der Waals surface area (Å²) in [6.07, 6.45) is 6.19. The van der Waals surface area contributed by atoms with E-state index in [1.165, 1.54) is 12.1 Å². The first-order valence-corrected chi connectivity index (χ1v) is 11.1. The molecular formula is C22H23N3O3S. The molecule has 1 fully saturated rings. The topological polar surface area (TPSA) is 87.6 Å². The van der Waals surface area contributed by atoms with Gasteiger partial charge in [-0.15, -0.1) is 0 Å². The highest BCUT2D eigenvalue weighted by molar-refractivity contribution is 7.92. The second-order valence-corrected chi connectivity index (χ2v) is 9.32. The summed E-state index contributed by atoms with van der Waals surface area (Å²) in [5, 5.41) is 4.24. The molecule has 29 heavy (non-hydrogen) atoms. The number of fused-ring (bicyclic) bond motifs is 1. The minimum atomic E-state index is -3.82. The number of carbonyl (C=O) groups excluding carboxylic acids is 1. The standard InChI is InChI=1S/C22H23N3O3S/c1-14-9-10-20(15(2)11-14)25-29(27,28)18-7-3-6-17(12-18)22(26)24-23-21-13-16-5-4-8-19(16)21/h3-7,9-12,16,19,25H,8,13H2,1-2H3,(H,24,26)/b23-21-/t16-,19-/m0/s1. The zero-order chi connectivity index (χ0) is 20.6. The van der Waals surface area contributed by atoms with E-state index in [4.69, 9.17) is 0 Å². The van der Waals surface area contributed by atoms with Crippen LogP contribution >= 0.6 is 0 Å². The predicted molar refractivity (Wildman–Crippen MR) is 113 cm³/mol. The number of rotatable bonds is 5. The number of carbonyl (C=O) groups is 1.